The van der Waals surface area contributed by atoms with Gasteiger partial charge in [0.05, 0.1) is 23.7 Å². The van der Waals surface area contributed by atoms with E-state index in [1.807, 2.05) is 34.0 Å². The van der Waals surface area contributed by atoms with Crippen LogP contribution in [0.5, 0.6) is 5.75 Å². The van der Waals surface area contributed by atoms with Crippen molar-refractivity contribution >= 4 is 17.2 Å². The molecule has 3 aliphatic rings. The Morgan fingerprint density at radius 1 is 1.25 bits per heavy atom. The number of carbonyl (C=O) groups is 1. The molecule has 5 nitrogen and oxygen atoms in total. The lowest BCUT2D eigenvalue weighted by Crippen LogP contribution is -2.47. The first-order chi connectivity index (χ1) is 11.7. The molecule has 0 spiro atoms. The Kier molecular flexibility index (Phi) is 4.24. The summed E-state index contributed by atoms with van der Waals surface area (Å²) in [7, 11) is 0. The molecule has 0 unspecified atom stereocenters. The van der Waals surface area contributed by atoms with Crippen LogP contribution in [-0.2, 0) is 17.9 Å². The Labute approximate surface area is 145 Å². The predicted molar refractivity (Wildman–Crippen MR) is 92.6 cm³/mol. The van der Waals surface area contributed by atoms with Crippen molar-refractivity contribution in [2.24, 2.45) is 5.92 Å². The van der Waals surface area contributed by atoms with Gasteiger partial charge in [0.2, 0.25) is 5.91 Å². The molecule has 2 bridgehead atoms. The van der Waals surface area contributed by atoms with Crippen LogP contribution in [0.15, 0.2) is 35.2 Å². The van der Waals surface area contributed by atoms with E-state index in [-0.39, 0.29) is 17.9 Å². The molecule has 126 valence electrons. The minimum absolute atomic E-state index is 0.0831. The molecule has 24 heavy (non-hydrogen) atoms. The monoisotopic (exact) mass is 343 g/mol. The SMILES string of the molecule is O=C1[C@H]2CC[C@H](CN(Cc3cccc(O)c3)C2)N1Cc1cscn1. The largest absolute Gasteiger partial charge is 0.508 e. The number of benzene rings is 1. The van der Waals surface area contributed by atoms with Crippen molar-refractivity contribution in [3.8, 4) is 5.75 Å². The van der Waals surface area contributed by atoms with Crippen molar-refractivity contribution in [2.75, 3.05) is 13.1 Å². The van der Waals surface area contributed by atoms with E-state index in [9.17, 15) is 9.90 Å². The van der Waals surface area contributed by atoms with E-state index in [1.165, 1.54) is 0 Å². The van der Waals surface area contributed by atoms with Crippen molar-refractivity contribution in [3.05, 3.63) is 46.4 Å². The fourth-order valence-electron chi connectivity index (χ4n) is 3.87. The number of amides is 1. The summed E-state index contributed by atoms with van der Waals surface area (Å²) in [6, 6.07) is 7.66. The zero-order valence-corrected chi connectivity index (χ0v) is 14.3. The highest BCUT2D eigenvalue weighted by Gasteiger charge is 2.40. The Morgan fingerprint density at radius 3 is 2.96 bits per heavy atom. The molecule has 5 rings (SSSR count). The van der Waals surface area contributed by atoms with Crippen LogP contribution >= 0.6 is 11.3 Å². The summed E-state index contributed by atoms with van der Waals surface area (Å²) < 4.78 is 0. The van der Waals surface area contributed by atoms with E-state index in [0.29, 0.717) is 12.3 Å². The molecule has 2 aromatic rings. The van der Waals surface area contributed by atoms with E-state index < -0.39 is 0 Å². The number of aromatic nitrogens is 1. The highest BCUT2D eigenvalue weighted by atomic mass is 32.1. The lowest BCUT2D eigenvalue weighted by atomic mass is 9.94. The minimum Gasteiger partial charge on any atom is -0.508 e. The van der Waals surface area contributed by atoms with Crippen molar-refractivity contribution in [1.82, 2.24) is 14.8 Å². The summed E-state index contributed by atoms with van der Waals surface area (Å²) in [6.07, 6.45) is 2.05. The first kappa shape index (κ1) is 15.6. The molecule has 4 heterocycles. The quantitative estimate of drug-likeness (QED) is 0.927. The first-order valence-corrected chi connectivity index (χ1v) is 9.31. The fourth-order valence-corrected chi connectivity index (χ4v) is 4.42. The number of phenolic OH excluding ortho intramolecular Hbond substituents is 1. The van der Waals surface area contributed by atoms with Crippen LogP contribution in [0.1, 0.15) is 24.1 Å². The van der Waals surface area contributed by atoms with Crippen LogP contribution in [0.3, 0.4) is 0 Å². The average molecular weight is 343 g/mol. The van der Waals surface area contributed by atoms with Gasteiger partial charge in [-0.05, 0) is 30.5 Å². The number of fused-ring (bicyclic) bond motifs is 4. The zero-order valence-electron chi connectivity index (χ0n) is 13.5. The maximum atomic E-state index is 12.8. The van der Waals surface area contributed by atoms with Crippen LogP contribution < -0.4 is 0 Å². The van der Waals surface area contributed by atoms with Gasteiger partial charge in [0.15, 0.2) is 0 Å². The van der Waals surface area contributed by atoms with Gasteiger partial charge in [0, 0.05) is 31.1 Å². The lowest BCUT2D eigenvalue weighted by molar-refractivity contribution is -0.140. The molecule has 0 aliphatic carbocycles. The second-order valence-corrected chi connectivity index (χ2v) is 7.46. The molecule has 0 saturated carbocycles. The molecule has 0 radical (unpaired) electrons. The van der Waals surface area contributed by atoms with Crippen molar-refractivity contribution in [3.63, 3.8) is 0 Å². The Bertz CT molecular complexity index is 719. The van der Waals surface area contributed by atoms with E-state index >= 15 is 0 Å². The topological polar surface area (TPSA) is 56.7 Å². The normalized spacial score (nSPS) is 24.3. The number of thiazole rings is 1. The molecule has 3 fully saturated rings. The molecule has 3 aliphatic heterocycles. The van der Waals surface area contributed by atoms with Crippen molar-refractivity contribution < 1.29 is 9.90 Å². The smallest absolute Gasteiger partial charge is 0.227 e. The molecule has 1 aromatic carbocycles. The van der Waals surface area contributed by atoms with Gasteiger partial charge >= 0.3 is 0 Å². The third-order valence-electron chi connectivity index (χ3n) is 5.00. The molecular weight excluding hydrogens is 322 g/mol. The van der Waals surface area contributed by atoms with Crippen LogP contribution in [0.2, 0.25) is 0 Å². The summed E-state index contributed by atoms with van der Waals surface area (Å²) >= 11 is 1.58. The van der Waals surface area contributed by atoms with Crippen molar-refractivity contribution in [1.29, 1.82) is 0 Å². The fraction of sp³-hybridized carbons (Fsp3) is 0.444. The van der Waals surface area contributed by atoms with E-state index in [4.69, 9.17) is 0 Å². The molecule has 3 saturated heterocycles. The maximum absolute atomic E-state index is 12.8. The molecule has 1 aromatic heterocycles. The average Bonchev–Trinajstić information content (AvgIpc) is 2.94. The minimum atomic E-state index is 0.0831. The van der Waals surface area contributed by atoms with Gasteiger partial charge in [-0.25, -0.2) is 4.98 Å². The van der Waals surface area contributed by atoms with Crippen LogP contribution in [0.25, 0.3) is 0 Å². The second-order valence-electron chi connectivity index (χ2n) is 6.74. The summed E-state index contributed by atoms with van der Waals surface area (Å²) in [5.41, 5.74) is 3.90. The van der Waals surface area contributed by atoms with Gasteiger partial charge < -0.3 is 10.0 Å². The molecule has 1 N–H and O–H groups in total. The molecular formula is C18H21N3O2S. The van der Waals surface area contributed by atoms with Crippen LogP contribution in [0, 0.1) is 5.92 Å². The molecule has 2 atom stereocenters. The number of nitrogens with zero attached hydrogens (tertiary/aromatic N) is 3. The first-order valence-electron chi connectivity index (χ1n) is 8.37. The lowest BCUT2D eigenvalue weighted by Gasteiger charge is -2.35. The summed E-state index contributed by atoms with van der Waals surface area (Å²) in [4.78, 5) is 21.5. The van der Waals surface area contributed by atoms with E-state index in [0.717, 1.165) is 43.7 Å². The number of hydrogen-bond donors (Lipinski definition) is 1. The standard InChI is InChI=1S/C18H21N3O2S/c22-17-3-1-2-13(6-17)7-20-8-14-4-5-16(10-20)21(18(14)23)9-15-11-24-12-19-15/h1-3,6,11-12,14,16,22H,4-5,7-10H2/t14-,16+/m0/s1. The van der Waals surface area contributed by atoms with Gasteiger partial charge in [-0.3, -0.25) is 9.69 Å². The number of rotatable bonds is 4. The van der Waals surface area contributed by atoms with Crippen molar-refractivity contribution in [2.45, 2.75) is 32.0 Å². The number of phenols is 1. The van der Waals surface area contributed by atoms with Gasteiger partial charge in [-0.2, -0.15) is 0 Å². The zero-order chi connectivity index (χ0) is 16.5. The molecule has 1 amide bonds. The number of piperidine rings is 1. The highest BCUT2D eigenvalue weighted by Crippen LogP contribution is 2.31. The third kappa shape index (κ3) is 3.16. The predicted octanol–water partition coefficient (Wildman–Crippen LogP) is 2.47. The Balaban J connectivity index is 1.50. The molecule has 6 heteroatoms. The Hall–Kier alpha value is -1.92. The van der Waals surface area contributed by atoms with Crippen LogP contribution in [-0.4, -0.2) is 44.9 Å². The van der Waals surface area contributed by atoms with Gasteiger partial charge in [-0.15, -0.1) is 11.3 Å². The third-order valence-corrected chi connectivity index (χ3v) is 5.64. The summed E-state index contributed by atoms with van der Waals surface area (Å²) in [5, 5.41) is 11.7. The van der Waals surface area contributed by atoms with E-state index in [2.05, 4.69) is 9.88 Å². The number of aromatic hydroxyl groups is 1. The maximum Gasteiger partial charge on any atom is 0.227 e. The summed E-state index contributed by atoms with van der Waals surface area (Å²) in [6.45, 7) is 3.10. The van der Waals surface area contributed by atoms with Gasteiger partial charge in [0.25, 0.3) is 0 Å². The highest BCUT2D eigenvalue weighted by molar-refractivity contribution is 7.07. The van der Waals surface area contributed by atoms with Gasteiger partial charge in [0.1, 0.15) is 5.75 Å². The van der Waals surface area contributed by atoms with Crippen LogP contribution in [0.4, 0.5) is 0 Å². The van der Waals surface area contributed by atoms with E-state index in [1.54, 1.807) is 17.4 Å². The number of hydrogen-bond acceptors (Lipinski definition) is 5. The Morgan fingerprint density at radius 2 is 2.17 bits per heavy atom. The summed E-state index contributed by atoms with van der Waals surface area (Å²) in [5.74, 6) is 0.656. The second kappa shape index (κ2) is 6.53. The van der Waals surface area contributed by atoms with Gasteiger partial charge in [-0.1, -0.05) is 12.1 Å². The number of carbonyl (C=O) groups excluding carboxylic acids is 1.